The third-order valence-electron chi connectivity index (χ3n) is 5.79. The molecule has 1 amide bonds. The molecule has 1 aliphatic heterocycles. The Kier molecular flexibility index (Phi) is 5.74. The number of ketones is 1. The summed E-state index contributed by atoms with van der Waals surface area (Å²) >= 11 is 1.29. The molecule has 7 nitrogen and oxygen atoms in total. The number of phenolic OH excluding ortho intramolecular Hbond substituents is 1. The van der Waals surface area contributed by atoms with Gasteiger partial charge in [-0.05, 0) is 61.4 Å². The smallest absolute Gasteiger partial charge is 0.301 e. The van der Waals surface area contributed by atoms with Gasteiger partial charge < -0.3 is 14.9 Å². The minimum atomic E-state index is -0.973. The van der Waals surface area contributed by atoms with Crippen LogP contribution < -0.4 is 9.64 Å². The highest BCUT2D eigenvalue weighted by molar-refractivity contribution is 7.22. The SMILES string of the molecule is CCOc1cccc(/C(O)=C2\C(=O)C(=O)N(c3nc4ccc(C)cc4s3)C2c2cccc(O)c2)c1. The van der Waals surface area contributed by atoms with Gasteiger partial charge in [0.2, 0.25) is 0 Å². The van der Waals surface area contributed by atoms with Gasteiger partial charge in [0.15, 0.2) is 5.13 Å². The Morgan fingerprint density at radius 1 is 1.09 bits per heavy atom. The number of carbonyl (C=O) groups is 2. The van der Waals surface area contributed by atoms with E-state index >= 15 is 0 Å². The van der Waals surface area contributed by atoms with Crippen molar-refractivity contribution in [3.63, 3.8) is 0 Å². The number of benzene rings is 3. The van der Waals surface area contributed by atoms with Crippen molar-refractivity contribution in [2.45, 2.75) is 19.9 Å². The van der Waals surface area contributed by atoms with Crippen LogP contribution in [0.4, 0.5) is 5.13 Å². The second-order valence-electron chi connectivity index (χ2n) is 8.19. The largest absolute Gasteiger partial charge is 0.508 e. The van der Waals surface area contributed by atoms with Crippen molar-refractivity contribution in [2.75, 3.05) is 11.5 Å². The molecule has 8 heteroatoms. The standard InChI is InChI=1S/C27H22N2O5S/c1-3-34-19-9-5-7-17(14-19)24(31)22-23(16-6-4-8-18(30)13-16)29(26(33)25(22)32)27-28-20-11-10-15(2)12-21(20)35-27/h4-14,23,30-31H,3H2,1-2H3/b24-22+. The maximum absolute atomic E-state index is 13.3. The number of Topliss-reactive ketones (excluding diaryl/α,β-unsaturated/α-hetero) is 1. The fourth-order valence-corrected chi connectivity index (χ4v) is 5.31. The Bertz CT molecular complexity index is 1510. The number of rotatable bonds is 5. The molecule has 3 aromatic carbocycles. The quantitative estimate of drug-likeness (QED) is 0.225. The fraction of sp³-hybridized carbons (Fsp3) is 0.148. The predicted octanol–water partition coefficient (Wildman–Crippen LogP) is 5.34. The molecular weight excluding hydrogens is 464 g/mol. The lowest BCUT2D eigenvalue weighted by atomic mass is 9.95. The van der Waals surface area contributed by atoms with Crippen LogP contribution in [0.3, 0.4) is 0 Å². The molecule has 1 aliphatic rings. The number of aliphatic hydroxyl groups excluding tert-OH is 1. The lowest BCUT2D eigenvalue weighted by molar-refractivity contribution is -0.132. The Morgan fingerprint density at radius 2 is 1.89 bits per heavy atom. The first-order chi connectivity index (χ1) is 16.9. The highest BCUT2D eigenvalue weighted by Gasteiger charge is 2.48. The van der Waals surface area contributed by atoms with E-state index in [0.717, 1.165) is 10.3 Å². The first-order valence-electron chi connectivity index (χ1n) is 11.1. The number of ether oxygens (including phenoxy) is 1. The molecule has 1 saturated heterocycles. The minimum Gasteiger partial charge on any atom is -0.508 e. The van der Waals surface area contributed by atoms with Gasteiger partial charge in [0, 0.05) is 5.56 Å². The van der Waals surface area contributed by atoms with Crippen molar-refractivity contribution in [3.8, 4) is 11.5 Å². The van der Waals surface area contributed by atoms with Crippen molar-refractivity contribution in [2.24, 2.45) is 0 Å². The minimum absolute atomic E-state index is 0.0219. The van der Waals surface area contributed by atoms with Crippen LogP contribution in [0.5, 0.6) is 11.5 Å². The second-order valence-corrected chi connectivity index (χ2v) is 9.20. The third-order valence-corrected chi connectivity index (χ3v) is 6.81. The number of hydrogen-bond acceptors (Lipinski definition) is 7. The average molecular weight is 487 g/mol. The summed E-state index contributed by atoms with van der Waals surface area (Å²) in [4.78, 5) is 32.6. The Morgan fingerprint density at radius 3 is 2.66 bits per heavy atom. The first-order valence-corrected chi connectivity index (χ1v) is 11.9. The molecule has 1 fully saturated rings. The molecule has 2 heterocycles. The maximum atomic E-state index is 13.3. The Labute approximate surface area is 205 Å². The van der Waals surface area contributed by atoms with E-state index in [9.17, 15) is 19.8 Å². The fourth-order valence-electron chi connectivity index (χ4n) is 4.22. The van der Waals surface area contributed by atoms with Crippen molar-refractivity contribution in [1.82, 2.24) is 4.98 Å². The number of carbonyl (C=O) groups excluding carboxylic acids is 2. The highest BCUT2D eigenvalue weighted by atomic mass is 32.1. The van der Waals surface area contributed by atoms with Gasteiger partial charge in [0.05, 0.1) is 28.4 Å². The van der Waals surface area contributed by atoms with Gasteiger partial charge in [-0.2, -0.15) is 0 Å². The molecule has 0 spiro atoms. The van der Waals surface area contributed by atoms with E-state index in [-0.39, 0.29) is 17.1 Å². The van der Waals surface area contributed by atoms with Gasteiger partial charge in [-0.1, -0.05) is 41.7 Å². The molecule has 1 atom stereocenters. The van der Waals surface area contributed by atoms with Gasteiger partial charge in [0.1, 0.15) is 17.3 Å². The number of aromatic nitrogens is 1. The molecule has 4 aromatic rings. The maximum Gasteiger partial charge on any atom is 0.301 e. The van der Waals surface area contributed by atoms with Crippen LogP contribution >= 0.6 is 11.3 Å². The summed E-state index contributed by atoms with van der Waals surface area (Å²) in [5, 5.41) is 21.8. The van der Waals surface area contributed by atoms with E-state index in [1.807, 2.05) is 32.0 Å². The van der Waals surface area contributed by atoms with Gasteiger partial charge >= 0.3 is 5.91 Å². The van der Waals surface area contributed by atoms with Gasteiger partial charge in [-0.25, -0.2) is 4.98 Å². The summed E-state index contributed by atoms with van der Waals surface area (Å²) in [5.41, 5.74) is 2.50. The lowest BCUT2D eigenvalue weighted by Crippen LogP contribution is -2.29. The molecule has 1 aromatic heterocycles. The van der Waals surface area contributed by atoms with Crippen LogP contribution in [-0.4, -0.2) is 33.5 Å². The summed E-state index contributed by atoms with van der Waals surface area (Å²) < 4.78 is 6.41. The zero-order valence-corrected chi connectivity index (χ0v) is 19.9. The van der Waals surface area contributed by atoms with Crippen molar-refractivity contribution in [1.29, 1.82) is 0 Å². The molecule has 5 rings (SSSR count). The molecule has 0 bridgehead atoms. The van der Waals surface area contributed by atoms with E-state index < -0.39 is 17.7 Å². The average Bonchev–Trinajstić information content (AvgIpc) is 3.37. The van der Waals surface area contributed by atoms with Crippen LogP contribution in [0.2, 0.25) is 0 Å². The zero-order valence-electron chi connectivity index (χ0n) is 19.1. The molecule has 0 saturated carbocycles. The molecule has 1 unspecified atom stereocenters. The predicted molar refractivity (Wildman–Crippen MR) is 135 cm³/mol. The normalized spacial score (nSPS) is 17.3. The summed E-state index contributed by atoms with van der Waals surface area (Å²) in [6.07, 6.45) is 0. The Balaban J connectivity index is 1.72. The number of nitrogens with zero attached hydrogens (tertiary/aromatic N) is 2. The molecular formula is C27H22N2O5S. The van der Waals surface area contributed by atoms with E-state index in [0.29, 0.717) is 34.1 Å². The third kappa shape index (κ3) is 4.02. The molecule has 35 heavy (non-hydrogen) atoms. The zero-order chi connectivity index (χ0) is 24.7. The van der Waals surface area contributed by atoms with Crippen molar-refractivity contribution >= 4 is 44.1 Å². The highest BCUT2D eigenvalue weighted by Crippen LogP contribution is 2.45. The summed E-state index contributed by atoms with van der Waals surface area (Å²) in [7, 11) is 0. The Hall–Kier alpha value is -4.17. The van der Waals surface area contributed by atoms with E-state index in [2.05, 4.69) is 4.98 Å². The first kappa shape index (κ1) is 22.6. The molecule has 0 aliphatic carbocycles. The molecule has 176 valence electrons. The van der Waals surface area contributed by atoms with Crippen LogP contribution in [0.15, 0.2) is 72.3 Å². The number of aryl methyl sites for hydroxylation is 1. The van der Waals surface area contributed by atoms with Gasteiger partial charge in [-0.3, -0.25) is 14.5 Å². The number of aliphatic hydroxyl groups is 1. The monoisotopic (exact) mass is 486 g/mol. The van der Waals surface area contributed by atoms with Gasteiger partial charge in [-0.15, -0.1) is 0 Å². The van der Waals surface area contributed by atoms with Crippen molar-refractivity contribution in [3.05, 3.63) is 89.0 Å². The number of fused-ring (bicyclic) bond motifs is 1. The number of amides is 1. The van der Waals surface area contributed by atoms with E-state index in [4.69, 9.17) is 4.74 Å². The number of thiazole rings is 1. The number of phenols is 1. The van der Waals surface area contributed by atoms with Crippen LogP contribution in [0, 0.1) is 6.92 Å². The molecule has 0 radical (unpaired) electrons. The van der Waals surface area contributed by atoms with E-state index in [1.54, 1.807) is 36.4 Å². The summed E-state index contributed by atoms with van der Waals surface area (Å²) in [5.74, 6) is -1.44. The van der Waals surface area contributed by atoms with Gasteiger partial charge in [0.25, 0.3) is 5.78 Å². The summed E-state index contributed by atoms with van der Waals surface area (Å²) in [6.45, 7) is 4.25. The van der Waals surface area contributed by atoms with Crippen LogP contribution in [-0.2, 0) is 9.59 Å². The van der Waals surface area contributed by atoms with Crippen LogP contribution in [0.25, 0.3) is 16.0 Å². The number of hydrogen-bond donors (Lipinski definition) is 2. The van der Waals surface area contributed by atoms with E-state index in [1.165, 1.54) is 28.4 Å². The van der Waals surface area contributed by atoms with Crippen LogP contribution in [0.1, 0.15) is 29.7 Å². The number of anilines is 1. The number of aromatic hydroxyl groups is 1. The van der Waals surface area contributed by atoms with Crippen molar-refractivity contribution < 1.29 is 24.5 Å². The second kappa shape index (κ2) is 8.88. The molecule has 2 N–H and O–H groups in total. The lowest BCUT2D eigenvalue weighted by Gasteiger charge is -2.23. The summed E-state index contributed by atoms with van der Waals surface area (Å²) in [6, 6.07) is 17.8. The topological polar surface area (TPSA) is 100.0 Å².